The van der Waals surface area contributed by atoms with Crippen molar-refractivity contribution < 1.29 is 42.9 Å². The van der Waals surface area contributed by atoms with E-state index in [4.69, 9.17) is 14.0 Å². The fraction of sp³-hybridized carbons (Fsp3) is 0.794. The van der Waals surface area contributed by atoms with Crippen LogP contribution in [0.4, 0.5) is 0 Å². The van der Waals surface area contributed by atoms with E-state index in [1.165, 1.54) is 76.4 Å². The van der Waals surface area contributed by atoms with E-state index >= 15 is 0 Å². The molecule has 0 spiro atoms. The van der Waals surface area contributed by atoms with Gasteiger partial charge in [0.25, 0.3) is 0 Å². The Hall–Kier alpha value is -2.01. The Morgan fingerprint density at radius 2 is 1.57 bits per heavy atom. The van der Waals surface area contributed by atoms with Crippen LogP contribution in [0, 0.1) is 5.92 Å². The third-order valence-corrected chi connectivity index (χ3v) is 8.89. The van der Waals surface area contributed by atoms with Gasteiger partial charge in [0.2, 0.25) is 17.7 Å². The number of hydrogen-bond acceptors (Lipinski definition) is 8. The van der Waals surface area contributed by atoms with Gasteiger partial charge in [-0.25, -0.2) is 0 Å². The highest BCUT2D eigenvalue weighted by molar-refractivity contribution is 7.32. The summed E-state index contributed by atoms with van der Waals surface area (Å²) in [4.78, 5) is 45.4. The van der Waals surface area contributed by atoms with Crippen molar-refractivity contribution in [2.75, 3.05) is 19.8 Å². The number of carbonyl (C=O) groups excluding carboxylic acids is 3. The lowest BCUT2D eigenvalue weighted by atomic mass is 9.93. The minimum absolute atomic E-state index is 0.0995. The molecule has 12 heteroatoms. The van der Waals surface area contributed by atoms with Gasteiger partial charge in [-0.15, -0.1) is 9.42 Å². The molecule has 4 N–H and O–H groups in total. The molecule has 0 aromatic heterocycles. The zero-order valence-electron chi connectivity index (χ0n) is 27.7. The number of aliphatic hydroxyl groups excluding tert-OH is 1. The molecule has 0 radical (unpaired) electrons. The smallest absolute Gasteiger partial charge is 0.394 e. The maximum Gasteiger partial charge on any atom is 0.695 e. The average Bonchev–Trinajstić information content (AvgIpc) is 3.36. The summed E-state index contributed by atoms with van der Waals surface area (Å²) in [6.45, 7) is 2.66. The van der Waals surface area contributed by atoms with Crippen LogP contribution in [0.25, 0.3) is 0 Å². The highest BCUT2D eigenvalue weighted by Gasteiger charge is 2.54. The molecular formula is C34H58N2O9P+. The van der Waals surface area contributed by atoms with Crippen LogP contribution in [0.3, 0.4) is 0 Å². The van der Waals surface area contributed by atoms with Gasteiger partial charge < -0.3 is 19.9 Å². The topological polar surface area (TPSA) is 160 Å². The second-order valence-electron chi connectivity index (χ2n) is 12.3. The van der Waals surface area contributed by atoms with Gasteiger partial charge in [0.1, 0.15) is 18.3 Å². The van der Waals surface area contributed by atoms with E-state index in [1.807, 2.05) is 0 Å². The van der Waals surface area contributed by atoms with Crippen molar-refractivity contribution >= 4 is 26.0 Å². The lowest BCUT2D eigenvalue weighted by molar-refractivity contribution is -0.136. The Morgan fingerprint density at radius 3 is 2.22 bits per heavy atom. The summed E-state index contributed by atoms with van der Waals surface area (Å²) in [5.41, 5.74) is 0. The molecule has 0 bridgehead atoms. The van der Waals surface area contributed by atoms with Crippen molar-refractivity contribution in [1.82, 2.24) is 10.6 Å². The predicted octanol–water partition coefficient (Wildman–Crippen LogP) is 5.71. The van der Waals surface area contributed by atoms with Crippen LogP contribution in [-0.4, -0.2) is 71.9 Å². The summed E-state index contributed by atoms with van der Waals surface area (Å²) in [6.07, 6.45) is 23.3. The summed E-state index contributed by atoms with van der Waals surface area (Å²) in [7, 11) is -3.00. The van der Waals surface area contributed by atoms with Crippen LogP contribution in [-0.2, 0) is 32.9 Å². The standard InChI is InChI=1S/C34H57N2O9P/c1-2-3-4-5-6-7-8-9-10-11-12-13-14-15-18-21-29(38)35-24-19-16-17-20-25-43-33-31(27-22-23-30(39)36-34(27)40)44-28(26-37)32(33)45-46(41)42/h9-10,22-23,27-28,31-33,37H,2-8,11-21,24-26H2,1H3,(H2-,35,36,38,39,40,41,42)/p+1/b10-9-/t27?,28-,31+,32?,33-/m1/s1. The van der Waals surface area contributed by atoms with Crippen molar-refractivity contribution in [3.63, 3.8) is 0 Å². The fourth-order valence-electron chi connectivity index (χ4n) is 5.87. The second kappa shape index (κ2) is 25.1. The van der Waals surface area contributed by atoms with E-state index in [2.05, 4.69) is 29.7 Å². The van der Waals surface area contributed by atoms with E-state index in [-0.39, 0.29) is 12.5 Å². The third kappa shape index (κ3) is 16.7. The minimum atomic E-state index is -3.00. The molecule has 46 heavy (non-hydrogen) atoms. The number of nitrogens with one attached hydrogen (secondary N) is 2. The first kappa shape index (κ1) is 40.2. The van der Waals surface area contributed by atoms with E-state index in [1.54, 1.807) is 0 Å². The number of unbranched alkanes of at least 4 members (excludes halogenated alkanes) is 14. The van der Waals surface area contributed by atoms with Crippen LogP contribution in [0.1, 0.15) is 122 Å². The van der Waals surface area contributed by atoms with Gasteiger partial charge in [-0.05, 0) is 44.9 Å². The van der Waals surface area contributed by atoms with Crippen molar-refractivity contribution in [2.24, 2.45) is 5.92 Å². The van der Waals surface area contributed by atoms with Gasteiger partial charge in [-0.2, -0.15) is 0 Å². The first-order valence-electron chi connectivity index (χ1n) is 17.5. The van der Waals surface area contributed by atoms with Crippen molar-refractivity contribution in [1.29, 1.82) is 0 Å². The minimum Gasteiger partial charge on any atom is -0.394 e. The molecule has 2 rings (SSSR count). The van der Waals surface area contributed by atoms with E-state index in [0.717, 1.165) is 38.5 Å². The van der Waals surface area contributed by atoms with Gasteiger partial charge in [0, 0.05) is 30.2 Å². The number of imide groups is 1. The zero-order chi connectivity index (χ0) is 33.4. The normalized spacial score (nSPS) is 23.3. The molecule has 0 aromatic carbocycles. The van der Waals surface area contributed by atoms with Crippen molar-refractivity contribution in [3.8, 4) is 0 Å². The van der Waals surface area contributed by atoms with Gasteiger partial charge >= 0.3 is 8.25 Å². The largest absolute Gasteiger partial charge is 0.695 e. The SMILES string of the molecule is CCCCCCCC/C=C\CCCCCCCC(=O)NCCCCCCO[C@H]1C(O[P+](=O)O)[C@@H](CO)O[C@H]1C1C=CC(=O)NC1=O. The highest BCUT2D eigenvalue weighted by atomic mass is 31.1. The number of carbonyl (C=O) groups is 3. The number of amides is 3. The molecule has 0 aromatic rings. The lowest BCUT2D eigenvalue weighted by Crippen LogP contribution is -2.47. The maximum atomic E-state index is 12.4. The predicted molar refractivity (Wildman–Crippen MR) is 177 cm³/mol. The molecule has 1 fully saturated rings. The summed E-state index contributed by atoms with van der Waals surface area (Å²) < 4.78 is 28.3. The first-order chi connectivity index (χ1) is 22.4. The zero-order valence-corrected chi connectivity index (χ0v) is 28.6. The first-order valence-corrected chi connectivity index (χ1v) is 18.7. The molecule has 3 unspecified atom stereocenters. The van der Waals surface area contributed by atoms with Gasteiger partial charge in [0.05, 0.1) is 12.5 Å². The Morgan fingerprint density at radius 1 is 0.935 bits per heavy atom. The van der Waals surface area contributed by atoms with Gasteiger partial charge in [0.15, 0.2) is 6.10 Å². The molecule has 1 saturated heterocycles. The summed E-state index contributed by atoms with van der Waals surface area (Å²) in [6, 6.07) is 0. The Labute approximate surface area is 276 Å². The van der Waals surface area contributed by atoms with Crippen LogP contribution in [0.2, 0.25) is 0 Å². The molecule has 3 amide bonds. The summed E-state index contributed by atoms with van der Waals surface area (Å²) in [5.74, 6) is -1.89. The van der Waals surface area contributed by atoms with E-state index in [0.29, 0.717) is 19.4 Å². The van der Waals surface area contributed by atoms with Gasteiger partial charge in [-0.3, -0.25) is 19.7 Å². The van der Waals surface area contributed by atoms with Crippen LogP contribution in [0.5, 0.6) is 0 Å². The van der Waals surface area contributed by atoms with Crippen molar-refractivity contribution in [2.45, 2.75) is 147 Å². The molecule has 11 nitrogen and oxygen atoms in total. The van der Waals surface area contributed by atoms with E-state index < -0.39 is 57.0 Å². The van der Waals surface area contributed by atoms with Crippen LogP contribution >= 0.6 is 8.25 Å². The van der Waals surface area contributed by atoms with Crippen LogP contribution < -0.4 is 10.6 Å². The number of ether oxygens (including phenoxy) is 2. The third-order valence-electron chi connectivity index (χ3n) is 8.47. The quantitative estimate of drug-likeness (QED) is 0.0372. The molecule has 2 aliphatic rings. The number of allylic oxidation sites excluding steroid dienone is 2. The Bertz CT molecular complexity index is 961. The highest BCUT2D eigenvalue weighted by Crippen LogP contribution is 2.36. The maximum absolute atomic E-state index is 12.4. The fourth-order valence-corrected chi connectivity index (χ4v) is 6.33. The Kier molecular flexibility index (Phi) is 21.9. The van der Waals surface area contributed by atoms with E-state index in [9.17, 15) is 28.9 Å². The molecule has 2 aliphatic heterocycles. The average molecular weight is 670 g/mol. The molecule has 262 valence electrons. The number of aliphatic hydroxyl groups is 1. The van der Waals surface area contributed by atoms with Crippen LogP contribution in [0.15, 0.2) is 24.3 Å². The summed E-state index contributed by atoms with van der Waals surface area (Å²) >= 11 is 0. The second-order valence-corrected chi connectivity index (χ2v) is 13.0. The summed E-state index contributed by atoms with van der Waals surface area (Å²) in [5, 5.41) is 14.9. The molecule has 0 saturated carbocycles. The Balaban J connectivity index is 1.50. The number of hydrogen-bond donors (Lipinski definition) is 4. The van der Waals surface area contributed by atoms with Gasteiger partial charge in [-0.1, -0.05) is 89.4 Å². The monoisotopic (exact) mass is 669 g/mol. The molecule has 0 aliphatic carbocycles. The van der Waals surface area contributed by atoms with Crippen molar-refractivity contribution in [3.05, 3.63) is 24.3 Å². The molecular weight excluding hydrogens is 611 g/mol. The number of rotatable bonds is 27. The molecule has 2 heterocycles. The molecule has 6 atom stereocenters. The lowest BCUT2D eigenvalue weighted by Gasteiger charge is -2.26.